The zero-order valence-corrected chi connectivity index (χ0v) is 30.2. The van der Waals surface area contributed by atoms with E-state index in [0.29, 0.717) is 0 Å². The van der Waals surface area contributed by atoms with E-state index in [1.165, 1.54) is 0 Å². The Morgan fingerprint density at radius 1 is 0.159 bits per heavy atom. The largest absolute Gasteiger partial charge is 0.421 e. The van der Waals surface area contributed by atoms with Crippen LogP contribution in [0.25, 0.3) is 0 Å². The van der Waals surface area contributed by atoms with Crippen molar-refractivity contribution in [3.8, 4) is 0 Å². The maximum atomic E-state index is 16.6. The SMILES string of the molecule is Fc1c([B-](c2c(F)c(C(F)(F)F)c(F)c(C(F)(F)F)c2F)(c2c(F)c(C(F)(F)F)c(F)c(C(F)(F)F)c2F)c2c(F)c(C(F)(F)F)c(F)c(C(F)(F)F)c2F)c(F)c(C(F)(F)F)c(F)c1C(F)(F)F. The van der Waals surface area contributed by atoms with E-state index in [9.17, 15) is 105 Å². The van der Waals surface area contributed by atoms with E-state index >= 15 is 52.7 Å². The van der Waals surface area contributed by atoms with Gasteiger partial charge in [-0.2, -0.15) is 105 Å². The van der Waals surface area contributed by atoms with Gasteiger partial charge >= 0.3 is 49.4 Å². The fourth-order valence-corrected chi connectivity index (χ4v) is 7.11. The molecular formula is C32BF36-. The van der Waals surface area contributed by atoms with E-state index in [0.717, 1.165) is 0 Å². The van der Waals surface area contributed by atoms with Crippen LogP contribution in [0.2, 0.25) is 0 Å². The van der Waals surface area contributed by atoms with Crippen molar-refractivity contribution in [2.24, 2.45) is 0 Å². The molecule has 0 aliphatic heterocycles. The quantitative estimate of drug-likeness (QED) is 0.141. The molecule has 4 aromatic carbocycles. The Hall–Kier alpha value is -5.58. The van der Waals surface area contributed by atoms with Crippen LogP contribution in [0, 0.1) is 69.8 Å². The fourth-order valence-electron chi connectivity index (χ4n) is 7.11. The predicted molar refractivity (Wildman–Crippen MR) is 150 cm³/mol. The molecule has 0 spiro atoms. The third-order valence-corrected chi connectivity index (χ3v) is 9.40. The van der Waals surface area contributed by atoms with Crippen molar-refractivity contribution in [3.05, 3.63) is 114 Å². The summed E-state index contributed by atoms with van der Waals surface area (Å²) in [5.74, 6) is -62.4. The minimum atomic E-state index is -9.72. The monoisotopic (exact) mass is 1080 g/mol. The second kappa shape index (κ2) is 16.2. The number of halogens is 36. The molecule has 0 aliphatic carbocycles. The Bertz CT molecular complexity index is 2220. The molecule has 4 rings (SSSR count). The van der Waals surface area contributed by atoms with Gasteiger partial charge in [-0.15, -0.1) is 21.9 Å². The molecule has 0 nitrogen and oxygen atoms in total. The summed E-state index contributed by atoms with van der Waals surface area (Å²) in [5, 5.41) is 0. The minimum absolute atomic E-state index is 4.86. The summed E-state index contributed by atoms with van der Waals surface area (Å²) in [5.41, 5.74) is -62.4. The second-order valence-electron chi connectivity index (χ2n) is 13.3. The molecule has 0 amide bonds. The van der Waals surface area contributed by atoms with Gasteiger partial charge in [0.25, 0.3) is 0 Å². The lowest BCUT2D eigenvalue weighted by Crippen LogP contribution is -2.81. The topological polar surface area (TPSA) is 0 Å². The summed E-state index contributed by atoms with van der Waals surface area (Å²) in [6.07, 6.45) is -72.5. The van der Waals surface area contributed by atoms with Gasteiger partial charge in [0, 0.05) is 0 Å². The Kier molecular flexibility index (Phi) is 13.2. The number of hydrogen-bond acceptors (Lipinski definition) is 0. The number of benzene rings is 4. The van der Waals surface area contributed by atoms with Gasteiger partial charge < -0.3 is 0 Å². The molecule has 0 radical (unpaired) electrons. The Labute approximate surface area is 350 Å². The van der Waals surface area contributed by atoms with Crippen molar-refractivity contribution in [1.82, 2.24) is 0 Å². The maximum Gasteiger partial charge on any atom is 0.421 e. The molecule has 0 saturated carbocycles. The van der Waals surface area contributed by atoms with Gasteiger partial charge in [0.05, 0.1) is 0 Å². The van der Waals surface area contributed by atoms with Crippen molar-refractivity contribution in [3.63, 3.8) is 0 Å². The van der Waals surface area contributed by atoms with Crippen LogP contribution in [0.1, 0.15) is 44.5 Å². The molecule has 0 atom stereocenters. The van der Waals surface area contributed by atoms with Gasteiger partial charge in [-0.05, 0) is 0 Å². The molecule has 0 bridgehead atoms. The lowest BCUT2D eigenvalue weighted by Gasteiger charge is -2.47. The van der Waals surface area contributed by atoms with Crippen molar-refractivity contribution >= 4 is 28.0 Å². The zero-order chi connectivity index (χ0) is 54.4. The highest BCUT2D eigenvalue weighted by atomic mass is 19.4. The van der Waals surface area contributed by atoms with Crippen LogP contribution in [-0.2, 0) is 49.4 Å². The highest BCUT2D eigenvalue weighted by Gasteiger charge is 2.61. The summed E-state index contributed by atoms with van der Waals surface area (Å²) in [4.78, 5) is 0. The van der Waals surface area contributed by atoms with E-state index in [4.69, 9.17) is 0 Å². The molecule has 0 saturated heterocycles. The number of hydrogen-bond donors (Lipinski definition) is 0. The first-order valence-corrected chi connectivity index (χ1v) is 16.0. The third kappa shape index (κ3) is 8.64. The van der Waals surface area contributed by atoms with Crippen LogP contribution in [0.5, 0.6) is 0 Å². The lowest BCUT2D eigenvalue weighted by atomic mass is 9.12. The van der Waals surface area contributed by atoms with Gasteiger partial charge in [-0.3, -0.25) is 0 Å². The van der Waals surface area contributed by atoms with Crippen molar-refractivity contribution in [2.45, 2.75) is 49.4 Å². The second-order valence-corrected chi connectivity index (χ2v) is 13.3. The summed E-state index contributed by atoms with van der Waals surface area (Å²) in [7, 11) is 0. The Morgan fingerprint density at radius 3 is 0.319 bits per heavy atom. The highest BCUT2D eigenvalue weighted by molar-refractivity contribution is 7.20. The van der Waals surface area contributed by atoms with Crippen LogP contribution < -0.4 is 21.9 Å². The Morgan fingerprint density at radius 2 is 0.246 bits per heavy atom. The molecule has 0 aliphatic rings. The standard InChI is InChI=1S/C32BF36/c34-13-1(25(46,47)48)17(38)9(18(39)2(13)26(49,50)51)33(10-19(40)3(27(52,53)54)14(35)4(20(10)41)28(55,56)57,11-21(42)5(29(58,59)60)15(36)6(22(11)43)30(61,62)63)12-23(44)7(31(64,65)66)16(37)8(24(12)45)32(67,68)69/q-1. The summed E-state index contributed by atoms with van der Waals surface area (Å²) in [6.45, 7) is 0. The molecule has 4 aromatic rings. The molecular weight excluding hydrogens is 1080 g/mol. The third-order valence-electron chi connectivity index (χ3n) is 9.40. The number of alkyl halides is 24. The van der Waals surface area contributed by atoms with Crippen molar-refractivity contribution < 1.29 is 158 Å². The van der Waals surface area contributed by atoms with Gasteiger partial charge in [0.1, 0.15) is 97.2 Å². The van der Waals surface area contributed by atoms with Gasteiger partial charge in [0.15, 0.2) is 23.3 Å². The van der Waals surface area contributed by atoms with E-state index in [-0.39, 0.29) is 0 Å². The molecule has 37 heteroatoms. The van der Waals surface area contributed by atoms with Gasteiger partial charge in [-0.25, -0.2) is 52.7 Å². The smallest absolute Gasteiger partial charge is 0.210 e. The van der Waals surface area contributed by atoms with E-state index in [1.807, 2.05) is 0 Å². The number of rotatable bonds is 4. The van der Waals surface area contributed by atoms with Gasteiger partial charge in [-0.1, -0.05) is 0 Å². The maximum absolute atomic E-state index is 16.6. The van der Waals surface area contributed by atoms with Crippen molar-refractivity contribution in [1.29, 1.82) is 0 Å². The average molecular weight is 1080 g/mol. The fraction of sp³-hybridized carbons (Fsp3) is 0.250. The van der Waals surface area contributed by atoms with E-state index in [1.54, 1.807) is 0 Å². The van der Waals surface area contributed by atoms with Crippen LogP contribution in [0.3, 0.4) is 0 Å². The zero-order valence-electron chi connectivity index (χ0n) is 30.2. The first-order valence-electron chi connectivity index (χ1n) is 16.0. The molecule has 0 N–H and O–H groups in total. The Balaban J connectivity index is 3.11. The molecule has 69 heavy (non-hydrogen) atoms. The summed E-state index contributed by atoms with van der Waals surface area (Å²) >= 11 is 0. The molecule has 0 aromatic heterocycles. The van der Waals surface area contributed by atoms with E-state index in [2.05, 4.69) is 0 Å². The minimum Gasteiger partial charge on any atom is -0.210 e. The average Bonchev–Trinajstić information content (AvgIpc) is 3.02. The molecule has 0 heterocycles. The van der Waals surface area contributed by atoms with Crippen LogP contribution in [-0.4, -0.2) is 6.15 Å². The first kappa shape index (κ1) is 56.0. The van der Waals surface area contributed by atoms with Crippen LogP contribution in [0.4, 0.5) is 158 Å². The van der Waals surface area contributed by atoms with Crippen LogP contribution >= 0.6 is 0 Å². The highest BCUT2D eigenvalue weighted by Crippen LogP contribution is 2.48. The van der Waals surface area contributed by atoms with Crippen LogP contribution in [0.15, 0.2) is 0 Å². The molecule has 384 valence electrons. The normalized spacial score (nSPS) is 14.1. The van der Waals surface area contributed by atoms with E-state index < -0.39 is 192 Å². The lowest BCUT2D eigenvalue weighted by molar-refractivity contribution is -0.152. The summed E-state index contributed by atoms with van der Waals surface area (Å²) < 4.78 is 536. The first-order chi connectivity index (χ1) is 30.4. The predicted octanol–water partition coefficient (Wildman–Crippen LogP) is 12.9. The molecule has 0 unspecified atom stereocenters. The van der Waals surface area contributed by atoms with Gasteiger partial charge in [0.2, 0.25) is 0 Å². The molecule has 0 fully saturated rings. The summed E-state index contributed by atoms with van der Waals surface area (Å²) in [6, 6.07) is 0. The van der Waals surface area contributed by atoms with Crippen molar-refractivity contribution in [2.75, 3.05) is 0 Å².